The number of hydrogen-bond acceptors (Lipinski definition) is 3. The molecule has 2 rings (SSSR count). The van der Waals surface area contributed by atoms with Crippen molar-refractivity contribution >= 4 is 10.9 Å². The largest absolute Gasteiger partial charge is 0.392 e. The second-order valence-electron chi connectivity index (χ2n) is 5.79. The molecule has 2 aromatic rings. The molecular weight excluding hydrogens is 236 g/mol. The molecule has 0 saturated carbocycles. The number of pyridine rings is 1. The van der Waals surface area contributed by atoms with E-state index in [0.717, 1.165) is 16.5 Å². The van der Waals surface area contributed by atoms with Crippen molar-refractivity contribution in [3.63, 3.8) is 0 Å². The fraction of sp³-hybridized carbons (Fsp3) is 0.438. The topological polar surface area (TPSA) is 45.2 Å². The van der Waals surface area contributed by atoms with Gasteiger partial charge in [0.15, 0.2) is 0 Å². The number of aromatic nitrogens is 1. The quantitative estimate of drug-likeness (QED) is 0.886. The van der Waals surface area contributed by atoms with Gasteiger partial charge < -0.3 is 10.4 Å². The third-order valence-electron chi connectivity index (χ3n) is 3.69. The highest BCUT2D eigenvalue weighted by atomic mass is 16.3. The molecular formula is C16H22N2O. The van der Waals surface area contributed by atoms with Crippen LogP contribution in [0.5, 0.6) is 0 Å². The van der Waals surface area contributed by atoms with Crippen LogP contribution in [0, 0.1) is 6.92 Å². The van der Waals surface area contributed by atoms with Gasteiger partial charge in [0, 0.05) is 23.7 Å². The third kappa shape index (κ3) is 3.31. The van der Waals surface area contributed by atoms with Crippen LogP contribution < -0.4 is 5.32 Å². The molecule has 3 heteroatoms. The summed E-state index contributed by atoms with van der Waals surface area (Å²) in [6, 6.07) is 8.41. The summed E-state index contributed by atoms with van der Waals surface area (Å²) in [5.41, 5.74) is 3.08. The Balaban J connectivity index is 2.18. The van der Waals surface area contributed by atoms with Gasteiger partial charge in [-0.25, -0.2) is 0 Å². The molecule has 19 heavy (non-hydrogen) atoms. The van der Waals surface area contributed by atoms with Crippen molar-refractivity contribution in [1.82, 2.24) is 10.3 Å². The Labute approximate surface area is 114 Å². The smallest absolute Gasteiger partial charge is 0.0702 e. The van der Waals surface area contributed by atoms with Crippen molar-refractivity contribution in [3.8, 4) is 0 Å². The maximum atomic E-state index is 9.69. The van der Waals surface area contributed by atoms with Gasteiger partial charge in [0.1, 0.15) is 0 Å². The fourth-order valence-corrected chi connectivity index (χ4v) is 1.87. The van der Waals surface area contributed by atoms with Crippen LogP contribution in [0.2, 0.25) is 0 Å². The van der Waals surface area contributed by atoms with E-state index >= 15 is 0 Å². The molecule has 0 aliphatic carbocycles. The van der Waals surface area contributed by atoms with Crippen molar-refractivity contribution < 1.29 is 5.11 Å². The van der Waals surface area contributed by atoms with Crippen LogP contribution in [-0.2, 0) is 6.54 Å². The molecule has 0 bridgehead atoms. The van der Waals surface area contributed by atoms with Gasteiger partial charge in [0.25, 0.3) is 0 Å². The van der Waals surface area contributed by atoms with Gasteiger partial charge >= 0.3 is 0 Å². The van der Waals surface area contributed by atoms with Crippen LogP contribution in [-0.4, -0.2) is 21.7 Å². The van der Waals surface area contributed by atoms with Crippen molar-refractivity contribution in [2.75, 3.05) is 0 Å². The Hall–Kier alpha value is -1.45. The molecule has 2 N–H and O–H groups in total. The summed E-state index contributed by atoms with van der Waals surface area (Å²) in [7, 11) is 0. The minimum absolute atomic E-state index is 0.304. The lowest BCUT2D eigenvalue weighted by atomic mass is 9.98. The summed E-state index contributed by atoms with van der Waals surface area (Å²) in [6.45, 7) is 8.58. The van der Waals surface area contributed by atoms with E-state index < -0.39 is 6.10 Å². The maximum Gasteiger partial charge on any atom is 0.0702 e. The number of aliphatic hydroxyl groups is 1. The predicted molar refractivity (Wildman–Crippen MR) is 79.1 cm³/mol. The molecule has 0 aliphatic rings. The first-order valence-electron chi connectivity index (χ1n) is 6.67. The Bertz CT molecular complexity index is 576. The predicted octanol–water partition coefficient (Wildman–Crippen LogP) is 2.79. The number of nitrogens with zero attached hydrogens (tertiary/aromatic N) is 1. The number of aliphatic hydroxyl groups excluding tert-OH is 1. The average molecular weight is 258 g/mol. The lowest BCUT2D eigenvalue weighted by molar-refractivity contribution is 0.0956. The van der Waals surface area contributed by atoms with Crippen molar-refractivity contribution in [1.29, 1.82) is 0 Å². The molecule has 3 nitrogen and oxygen atoms in total. The number of fused-ring (bicyclic) bond motifs is 1. The zero-order chi connectivity index (χ0) is 14.0. The molecule has 1 heterocycles. The maximum absolute atomic E-state index is 9.69. The molecule has 0 radical (unpaired) electrons. The van der Waals surface area contributed by atoms with Crippen LogP contribution in [0.25, 0.3) is 10.9 Å². The first-order chi connectivity index (χ1) is 8.88. The van der Waals surface area contributed by atoms with Gasteiger partial charge in [-0.2, -0.15) is 0 Å². The molecule has 1 unspecified atom stereocenters. The van der Waals surface area contributed by atoms with Crippen LogP contribution >= 0.6 is 0 Å². The van der Waals surface area contributed by atoms with E-state index in [1.807, 2.05) is 26.1 Å². The average Bonchev–Trinajstić information content (AvgIpc) is 2.35. The second-order valence-corrected chi connectivity index (χ2v) is 5.79. The van der Waals surface area contributed by atoms with Gasteiger partial charge in [-0.15, -0.1) is 0 Å². The Kier molecular flexibility index (Phi) is 3.88. The number of aryl methyl sites for hydroxylation is 1. The fourth-order valence-electron chi connectivity index (χ4n) is 1.87. The number of rotatable bonds is 4. The third-order valence-corrected chi connectivity index (χ3v) is 3.69. The van der Waals surface area contributed by atoms with Crippen molar-refractivity contribution in [2.24, 2.45) is 0 Å². The normalized spacial score (nSPS) is 13.7. The molecule has 0 saturated heterocycles. The van der Waals surface area contributed by atoms with E-state index in [9.17, 15) is 5.11 Å². The lowest BCUT2D eigenvalue weighted by Gasteiger charge is -2.29. The molecule has 102 valence electrons. The van der Waals surface area contributed by atoms with E-state index in [-0.39, 0.29) is 5.54 Å². The number of nitrogens with one attached hydrogen (secondary N) is 1. The summed E-state index contributed by atoms with van der Waals surface area (Å²) in [4.78, 5) is 4.47. The monoisotopic (exact) mass is 258 g/mol. The molecule has 1 atom stereocenters. The van der Waals surface area contributed by atoms with E-state index in [1.54, 1.807) is 6.92 Å². The van der Waals surface area contributed by atoms with Gasteiger partial charge in [0.2, 0.25) is 0 Å². The van der Waals surface area contributed by atoms with Crippen LogP contribution in [0.1, 0.15) is 31.9 Å². The van der Waals surface area contributed by atoms with Gasteiger partial charge in [-0.3, -0.25) is 4.98 Å². The number of hydrogen-bond donors (Lipinski definition) is 2. The second kappa shape index (κ2) is 5.27. The van der Waals surface area contributed by atoms with Crippen LogP contribution in [0.15, 0.2) is 30.5 Å². The summed E-state index contributed by atoms with van der Waals surface area (Å²) < 4.78 is 0. The zero-order valence-electron chi connectivity index (χ0n) is 12.1. The Morgan fingerprint density at radius 3 is 2.74 bits per heavy atom. The summed E-state index contributed by atoms with van der Waals surface area (Å²) in [5, 5.41) is 14.2. The Morgan fingerprint density at radius 2 is 2.05 bits per heavy atom. The van der Waals surface area contributed by atoms with Crippen LogP contribution in [0.3, 0.4) is 0 Å². The molecule has 0 fully saturated rings. The van der Waals surface area contributed by atoms with Crippen LogP contribution in [0.4, 0.5) is 0 Å². The highest BCUT2D eigenvalue weighted by Crippen LogP contribution is 2.16. The number of benzene rings is 1. The zero-order valence-corrected chi connectivity index (χ0v) is 12.1. The molecule has 1 aromatic carbocycles. The lowest BCUT2D eigenvalue weighted by Crippen LogP contribution is -2.47. The van der Waals surface area contributed by atoms with Gasteiger partial charge in [-0.1, -0.05) is 11.6 Å². The van der Waals surface area contributed by atoms with E-state index in [0.29, 0.717) is 6.54 Å². The summed E-state index contributed by atoms with van der Waals surface area (Å²) >= 11 is 0. The van der Waals surface area contributed by atoms with Crippen molar-refractivity contribution in [2.45, 2.75) is 45.9 Å². The highest BCUT2D eigenvalue weighted by molar-refractivity contribution is 5.79. The minimum Gasteiger partial charge on any atom is -0.392 e. The first kappa shape index (κ1) is 14.0. The van der Waals surface area contributed by atoms with E-state index in [1.165, 1.54) is 5.56 Å². The summed E-state index contributed by atoms with van der Waals surface area (Å²) in [6.07, 6.45) is 1.49. The summed E-state index contributed by atoms with van der Waals surface area (Å²) in [5.74, 6) is 0. The Morgan fingerprint density at radius 1 is 1.32 bits per heavy atom. The molecule has 1 aromatic heterocycles. The minimum atomic E-state index is -0.400. The highest BCUT2D eigenvalue weighted by Gasteiger charge is 2.22. The molecule has 0 aliphatic heterocycles. The first-order valence-corrected chi connectivity index (χ1v) is 6.67. The standard InChI is InChI=1S/C16H22N2O/c1-11-5-6-15-14(7-11)8-13(9-17-15)10-18-16(3,4)12(2)19/h5-9,12,18-19H,10H2,1-4H3. The SMILES string of the molecule is Cc1ccc2ncc(CNC(C)(C)C(C)O)cc2c1. The molecule has 0 spiro atoms. The van der Waals surface area contributed by atoms with Crippen molar-refractivity contribution in [3.05, 3.63) is 41.6 Å². The van der Waals surface area contributed by atoms with E-state index in [2.05, 4.69) is 35.4 Å². The van der Waals surface area contributed by atoms with Gasteiger partial charge in [-0.05, 0) is 51.5 Å². The molecule has 0 amide bonds. The van der Waals surface area contributed by atoms with Gasteiger partial charge in [0.05, 0.1) is 11.6 Å². The van der Waals surface area contributed by atoms with E-state index in [4.69, 9.17) is 0 Å².